The maximum atomic E-state index is 3.61. The molecule has 0 spiro atoms. The molecule has 1 N–H and O–H groups in total. The zero-order valence-corrected chi connectivity index (χ0v) is 12.3. The molecule has 2 aliphatic rings. The van der Waals surface area contributed by atoms with Crippen LogP contribution in [0.1, 0.15) is 50.3 Å². The van der Waals surface area contributed by atoms with Crippen molar-refractivity contribution in [3.8, 4) is 0 Å². The second kappa shape index (κ2) is 5.54. The van der Waals surface area contributed by atoms with Crippen LogP contribution in [0.3, 0.4) is 0 Å². The first kappa shape index (κ1) is 13.0. The topological polar surface area (TPSA) is 15.3 Å². The Morgan fingerprint density at radius 2 is 2.00 bits per heavy atom. The molecule has 1 saturated heterocycles. The van der Waals surface area contributed by atoms with Crippen LogP contribution in [-0.2, 0) is 6.42 Å². The normalized spacial score (nSPS) is 27.7. The summed E-state index contributed by atoms with van der Waals surface area (Å²) in [6.45, 7) is 8.32. The van der Waals surface area contributed by atoms with E-state index in [0.717, 1.165) is 13.0 Å². The van der Waals surface area contributed by atoms with Gasteiger partial charge in [-0.2, -0.15) is 0 Å². The van der Waals surface area contributed by atoms with Gasteiger partial charge in [-0.15, -0.1) is 0 Å². The average Bonchev–Trinajstić information content (AvgIpc) is 2.47. The molecule has 1 fully saturated rings. The minimum Gasteiger partial charge on any atom is -0.384 e. The van der Waals surface area contributed by atoms with Gasteiger partial charge in [-0.25, -0.2) is 0 Å². The Balaban J connectivity index is 1.94. The average molecular weight is 258 g/mol. The molecule has 0 saturated carbocycles. The van der Waals surface area contributed by atoms with Crippen LogP contribution >= 0.6 is 0 Å². The fourth-order valence-corrected chi connectivity index (χ4v) is 3.68. The molecule has 2 aliphatic heterocycles. The van der Waals surface area contributed by atoms with Crippen LogP contribution < -0.4 is 5.32 Å². The van der Waals surface area contributed by atoms with E-state index in [0.29, 0.717) is 12.0 Å². The highest BCUT2D eigenvalue weighted by Gasteiger charge is 2.32. The van der Waals surface area contributed by atoms with Crippen molar-refractivity contribution in [2.45, 2.75) is 45.6 Å². The summed E-state index contributed by atoms with van der Waals surface area (Å²) in [5, 5.41) is 3.61. The summed E-state index contributed by atoms with van der Waals surface area (Å²) in [5.74, 6) is 0.706. The van der Waals surface area contributed by atoms with E-state index in [1.54, 1.807) is 5.56 Å². The van der Waals surface area contributed by atoms with Crippen LogP contribution in [0.4, 0.5) is 5.69 Å². The van der Waals surface area contributed by atoms with Gasteiger partial charge < -0.3 is 5.32 Å². The number of anilines is 1. The first-order valence-corrected chi connectivity index (χ1v) is 7.90. The summed E-state index contributed by atoms with van der Waals surface area (Å²) in [5.41, 5.74) is 4.38. The van der Waals surface area contributed by atoms with Gasteiger partial charge in [0.1, 0.15) is 0 Å². The van der Waals surface area contributed by atoms with E-state index in [1.807, 2.05) is 0 Å². The highest BCUT2D eigenvalue weighted by molar-refractivity contribution is 5.56. The quantitative estimate of drug-likeness (QED) is 0.867. The molecule has 2 nitrogen and oxygen atoms in total. The minimum absolute atomic E-state index is 0.628. The molecule has 3 rings (SSSR count). The number of rotatable bonds is 2. The molecule has 2 heteroatoms. The number of fused-ring (bicyclic) bond motifs is 1. The van der Waals surface area contributed by atoms with Crippen molar-refractivity contribution >= 4 is 5.69 Å². The Labute approximate surface area is 117 Å². The standard InChI is InChI=1S/C17H26N2/c1-3-14-7-8-16-15(11-14)17(13(2)12-18-16)19-9-5-4-6-10-19/h7-8,11,13,17-18H,3-6,9-10,12H2,1-2H3. The summed E-state index contributed by atoms with van der Waals surface area (Å²) in [4.78, 5) is 2.73. The molecule has 19 heavy (non-hydrogen) atoms. The molecular weight excluding hydrogens is 232 g/mol. The fraction of sp³-hybridized carbons (Fsp3) is 0.647. The molecule has 2 unspecified atom stereocenters. The van der Waals surface area contributed by atoms with Gasteiger partial charge in [-0.3, -0.25) is 4.90 Å². The Morgan fingerprint density at radius 1 is 1.21 bits per heavy atom. The Morgan fingerprint density at radius 3 is 2.74 bits per heavy atom. The number of nitrogens with one attached hydrogen (secondary N) is 1. The van der Waals surface area contributed by atoms with E-state index < -0.39 is 0 Å². The first-order valence-electron chi connectivity index (χ1n) is 7.90. The predicted molar refractivity (Wildman–Crippen MR) is 81.6 cm³/mol. The molecule has 0 aromatic heterocycles. The van der Waals surface area contributed by atoms with Gasteiger partial charge in [0.25, 0.3) is 0 Å². The molecule has 2 atom stereocenters. The van der Waals surface area contributed by atoms with Crippen molar-refractivity contribution in [3.05, 3.63) is 29.3 Å². The predicted octanol–water partition coefficient (Wildman–Crippen LogP) is 3.84. The highest BCUT2D eigenvalue weighted by atomic mass is 15.2. The third-order valence-corrected chi connectivity index (χ3v) is 4.78. The molecule has 0 radical (unpaired) electrons. The SMILES string of the molecule is CCc1ccc2c(c1)C(N1CCCCC1)C(C)CN2. The molecule has 2 heterocycles. The van der Waals surface area contributed by atoms with Crippen LogP contribution in [-0.4, -0.2) is 24.5 Å². The van der Waals surface area contributed by atoms with Crippen LogP contribution in [0.15, 0.2) is 18.2 Å². The van der Waals surface area contributed by atoms with Gasteiger partial charge in [-0.05, 0) is 55.5 Å². The number of aryl methyl sites for hydroxylation is 1. The van der Waals surface area contributed by atoms with Gasteiger partial charge in [0.2, 0.25) is 0 Å². The Bertz CT molecular complexity index is 435. The highest BCUT2D eigenvalue weighted by Crippen LogP contribution is 2.39. The van der Waals surface area contributed by atoms with Crippen molar-refractivity contribution in [2.75, 3.05) is 25.0 Å². The van der Waals surface area contributed by atoms with Crippen LogP contribution in [0.5, 0.6) is 0 Å². The smallest absolute Gasteiger partial charge is 0.0410 e. The van der Waals surface area contributed by atoms with Crippen LogP contribution in [0.25, 0.3) is 0 Å². The Kier molecular flexibility index (Phi) is 3.79. The number of hydrogen-bond acceptors (Lipinski definition) is 2. The number of nitrogens with zero attached hydrogens (tertiary/aromatic N) is 1. The van der Waals surface area contributed by atoms with E-state index in [-0.39, 0.29) is 0 Å². The van der Waals surface area contributed by atoms with E-state index in [1.165, 1.54) is 43.6 Å². The first-order chi connectivity index (χ1) is 9.29. The van der Waals surface area contributed by atoms with Crippen molar-refractivity contribution < 1.29 is 0 Å². The number of likely N-dealkylation sites (tertiary alicyclic amines) is 1. The van der Waals surface area contributed by atoms with Gasteiger partial charge in [0, 0.05) is 18.3 Å². The van der Waals surface area contributed by atoms with Crippen molar-refractivity contribution in [3.63, 3.8) is 0 Å². The third kappa shape index (κ3) is 2.51. The maximum absolute atomic E-state index is 3.61. The molecule has 104 valence electrons. The van der Waals surface area contributed by atoms with E-state index in [9.17, 15) is 0 Å². The lowest BCUT2D eigenvalue weighted by Crippen LogP contribution is -2.41. The molecule has 0 amide bonds. The largest absolute Gasteiger partial charge is 0.384 e. The third-order valence-electron chi connectivity index (χ3n) is 4.78. The van der Waals surface area contributed by atoms with Gasteiger partial charge >= 0.3 is 0 Å². The molecule has 0 bridgehead atoms. The molecule has 0 aliphatic carbocycles. The minimum atomic E-state index is 0.628. The molecular formula is C17H26N2. The Hall–Kier alpha value is -1.02. The van der Waals surface area contributed by atoms with E-state index >= 15 is 0 Å². The lowest BCUT2D eigenvalue weighted by molar-refractivity contribution is 0.123. The summed E-state index contributed by atoms with van der Waals surface area (Å²) in [6.07, 6.45) is 5.30. The van der Waals surface area contributed by atoms with Gasteiger partial charge in [-0.1, -0.05) is 32.4 Å². The summed E-state index contributed by atoms with van der Waals surface area (Å²) < 4.78 is 0. The number of piperidine rings is 1. The van der Waals surface area contributed by atoms with E-state index in [4.69, 9.17) is 0 Å². The number of benzene rings is 1. The summed E-state index contributed by atoms with van der Waals surface area (Å²) in [7, 11) is 0. The summed E-state index contributed by atoms with van der Waals surface area (Å²) >= 11 is 0. The second-order valence-corrected chi connectivity index (χ2v) is 6.17. The van der Waals surface area contributed by atoms with Crippen LogP contribution in [0, 0.1) is 5.92 Å². The van der Waals surface area contributed by atoms with Gasteiger partial charge in [0.05, 0.1) is 0 Å². The zero-order chi connectivity index (χ0) is 13.2. The van der Waals surface area contributed by atoms with Crippen molar-refractivity contribution in [1.29, 1.82) is 0 Å². The lowest BCUT2D eigenvalue weighted by Gasteiger charge is -2.42. The second-order valence-electron chi connectivity index (χ2n) is 6.17. The van der Waals surface area contributed by atoms with Crippen molar-refractivity contribution in [2.24, 2.45) is 5.92 Å². The summed E-state index contributed by atoms with van der Waals surface area (Å²) in [6, 6.07) is 7.63. The lowest BCUT2D eigenvalue weighted by atomic mass is 9.86. The zero-order valence-electron chi connectivity index (χ0n) is 12.3. The monoisotopic (exact) mass is 258 g/mol. The molecule has 1 aromatic carbocycles. The van der Waals surface area contributed by atoms with E-state index in [2.05, 4.69) is 42.3 Å². The molecule has 1 aromatic rings. The fourth-order valence-electron chi connectivity index (χ4n) is 3.68. The van der Waals surface area contributed by atoms with Gasteiger partial charge in [0.15, 0.2) is 0 Å². The number of hydrogen-bond donors (Lipinski definition) is 1. The van der Waals surface area contributed by atoms with Crippen LogP contribution in [0.2, 0.25) is 0 Å². The maximum Gasteiger partial charge on any atom is 0.0410 e. The van der Waals surface area contributed by atoms with Crippen molar-refractivity contribution in [1.82, 2.24) is 4.90 Å².